The van der Waals surface area contributed by atoms with E-state index in [1.54, 1.807) is 0 Å². The van der Waals surface area contributed by atoms with Crippen LogP contribution in [-0.4, -0.2) is 25.0 Å². The second kappa shape index (κ2) is 7.53. The van der Waals surface area contributed by atoms with Crippen LogP contribution in [0.4, 0.5) is 11.4 Å². The average Bonchev–Trinajstić information content (AvgIpc) is 2.68. The third-order valence-electron chi connectivity index (χ3n) is 5.45. The number of amidine groups is 1. The predicted octanol–water partition coefficient (Wildman–Crippen LogP) is 4.01. The van der Waals surface area contributed by atoms with Crippen molar-refractivity contribution in [3.05, 3.63) is 59.7 Å². The van der Waals surface area contributed by atoms with Gasteiger partial charge in [-0.1, -0.05) is 30.3 Å². The summed E-state index contributed by atoms with van der Waals surface area (Å²) in [5.41, 5.74) is 4.50. The van der Waals surface area contributed by atoms with E-state index < -0.39 is 0 Å². The van der Waals surface area contributed by atoms with Gasteiger partial charge in [-0.2, -0.15) is 0 Å². The van der Waals surface area contributed by atoms with Crippen molar-refractivity contribution < 1.29 is 9.53 Å². The van der Waals surface area contributed by atoms with Gasteiger partial charge in [0.15, 0.2) is 0 Å². The largest absolute Gasteiger partial charge is 0.381 e. The molecule has 0 radical (unpaired) electrons. The monoisotopic (exact) mass is 363 g/mol. The van der Waals surface area contributed by atoms with Gasteiger partial charge in [-0.15, -0.1) is 0 Å². The van der Waals surface area contributed by atoms with Crippen molar-refractivity contribution >= 4 is 23.1 Å². The maximum atomic E-state index is 11.2. The van der Waals surface area contributed by atoms with Gasteiger partial charge in [-0.3, -0.25) is 9.79 Å². The van der Waals surface area contributed by atoms with E-state index in [2.05, 4.69) is 34.9 Å². The van der Waals surface area contributed by atoms with Gasteiger partial charge >= 0.3 is 0 Å². The molecule has 0 aliphatic carbocycles. The first-order valence-electron chi connectivity index (χ1n) is 9.49. The highest BCUT2D eigenvalue weighted by Gasteiger charge is 2.41. The zero-order valence-corrected chi connectivity index (χ0v) is 15.6. The van der Waals surface area contributed by atoms with E-state index in [-0.39, 0.29) is 11.3 Å². The van der Waals surface area contributed by atoms with Crippen molar-refractivity contribution in [3.8, 4) is 0 Å². The molecule has 2 aliphatic rings. The van der Waals surface area contributed by atoms with Crippen LogP contribution < -0.4 is 10.6 Å². The van der Waals surface area contributed by atoms with Gasteiger partial charge in [-0.25, -0.2) is 0 Å². The molecule has 0 unspecified atom stereocenters. The molecule has 0 saturated carbocycles. The third kappa shape index (κ3) is 3.88. The molecule has 4 rings (SSSR count). The molecule has 0 aromatic heterocycles. The predicted molar refractivity (Wildman–Crippen MR) is 108 cm³/mol. The van der Waals surface area contributed by atoms with Crippen LogP contribution in [-0.2, 0) is 22.5 Å². The summed E-state index contributed by atoms with van der Waals surface area (Å²) >= 11 is 0. The van der Waals surface area contributed by atoms with Crippen molar-refractivity contribution in [2.24, 2.45) is 10.4 Å². The Kier molecular flexibility index (Phi) is 4.94. The van der Waals surface area contributed by atoms with Gasteiger partial charge in [0.1, 0.15) is 5.84 Å². The smallest absolute Gasteiger partial charge is 0.221 e. The molecule has 5 nitrogen and oxygen atoms in total. The van der Waals surface area contributed by atoms with Gasteiger partial charge in [-0.05, 0) is 48.6 Å². The van der Waals surface area contributed by atoms with Gasteiger partial charge in [0, 0.05) is 36.9 Å². The summed E-state index contributed by atoms with van der Waals surface area (Å²) in [5, 5.41) is 6.40. The highest BCUT2D eigenvalue weighted by molar-refractivity contribution is 6.02. The lowest BCUT2D eigenvalue weighted by molar-refractivity contribution is -0.114. The summed E-state index contributed by atoms with van der Waals surface area (Å²) in [6.45, 7) is 3.70. The zero-order chi connectivity index (χ0) is 18.7. The quantitative estimate of drug-likeness (QED) is 0.866. The molecule has 1 spiro atoms. The van der Waals surface area contributed by atoms with Gasteiger partial charge < -0.3 is 15.4 Å². The standard InChI is InChI=1S/C22H25N3O2/c1-16(26)24-19-8-6-17(7-9-19)15-23-21-22(10-12-27-13-11-22)14-18-4-2-3-5-20(18)25-21/h2-9H,10-15H2,1H3,(H,23,25)(H,24,26). The number of ether oxygens (including phenoxy) is 1. The molecule has 0 bridgehead atoms. The Morgan fingerprint density at radius 1 is 1.15 bits per heavy atom. The fourth-order valence-corrected chi connectivity index (χ4v) is 3.95. The number of carbonyl (C=O) groups excluding carboxylic acids is 1. The number of anilines is 2. The maximum absolute atomic E-state index is 11.2. The Bertz CT molecular complexity index is 852. The number of nitrogens with zero attached hydrogens (tertiary/aromatic N) is 1. The van der Waals surface area contributed by atoms with Crippen molar-refractivity contribution in [2.45, 2.75) is 32.7 Å². The second-order valence-corrected chi connectivity index (χ2v) is 7.39. The van der Waals surface area contributed by atoms with E-state index in [0.29, 0.717) is 6.54 Å². The molecular weight excluding hydrogens is 338 g/mol. The normalized spacial score (nSPS) is 19.4. The van der Waals surface area contributed by atoms with Gasteiger partial charge in [0.25, 0.3) is 0 Å². The number of hydrogen-bond acceptors (Lipinski definition) is 3. The highest BCUT2D eigenvalue weighted by Crippen LogP contribution is 2.41. The molecule has 2 aromatic carbocycles. The first kappa shape index (κ1) is 17.7. The Morgan fingerprint density at radius 2 is 1.89 bits per heavy atom. The lowest BCUT2D eigenvalue weighted by atomic mass is 9.71. The van der Waals surface area contributed by atoms with E-state index in [4.69, 9.17) is 9.73 Å². The molecule has 2 N–H and O–H groups in total. The first-order valence-corrected chi connectivity index (χ1v) is 9.49. The summed E-state index contributed by atoms with van der Waals surface area (Å²) in [6.07, 6.45) is 3.00. The molecule has 0 atom stereocenters. The Morgan fingerprint density at radius 3 is 2.63 bits per heavy atom. The molecular formula is C22H25N3O2. The van der Waals surface area contributed by atoms with Crippen LogP contribution in [0.2, 0.25) is 0 Å². The van der Waals surface area contributed by atoms with Crippen LogP contribution in [0.3, 0.4) is 0 Å². The number of fused-ring (bicyclic) bond motifs is 1. The molecule has 2 aliphatic heterocycles. The van der Waals surface area contributed by atoms with Gasteiger partial charge in [0.05, 0.1) is 6.54 Å². The molecule has 2 aromatic rings. The van der Waals surface area contributed by atoms with Crippen molar-refractivity contribution in [1.29, 1.82) is 0 Å². The number of para-hydroxylation sites is 1. The van der Waals surface area contributed by atoms with E-state index in [0.717, 1.165) is 55.3 Å². The molecule has 1 fully saturated rings. The number of benzene rings is 2. The summed E-state index contributed by atoms with van der Waals surface area (Å²) < 4.78 is 5.62. The lowest BCUT2D eigenvalue weighted by Gasteiger charge is -2.42. The molecule has 1 amide bonds. The fraction of sp³-hybridized carbons (Fsp3) is 0.364. The van der Waals surface area contributed by atoms with E-state index in [1.807, 2.05) is 24.3 Å². The van der Waals surface area contributed by atoms with Crippen LogP contribution >= 0.6 is 0 Å². The summed E-state index contributed by atoms with van der Waals surface area (Å²) in [5.74, 6) is 1.02. The van der Waals surface area contributed by atoms with Crippen LogP contribution in [0.1, 0.15) is 30.9 Å². The fourth-order valence-electron chi connectivity index (χ4n) is 3.95. The minimum atomic E-state index is -0.0606. The lowest BCUT2D eigenvalue weighted by Crippen LogP contribution is -2.45. The van der Waals surface area contributed by atoms with Crippen LogP contribution in [0.25, 0.3) is 0 Å². The van der Waals surface area contributed by atoms with Crippen molar-refractivity contribution in [1.82, 2.24) is 0 Å². The minimum absolute atomic E-state index is 0.0444. The second-order valence-electron chi connectivity index (χ2n) is 7.39. The number of carbonyl (C=O) groups is 1. The number of nitrogens with one attached hydrogen (secondary N) is 2. The molecule has 5 heteroatoms. The van der Waals surface area contributed by atoms with Gasteiger partial charge in [0.2, 0.25) is 5.91 Å². The Balaban J connectivity index is 1.57. The molecule has 140 valence electrons. The summed E-state index contributed by atoms with van der Waals surface area (Å²) in [6, 6.07) is 16.4. The van der Waals surface area contributed by atoms with Crippen molar-refractivity contribution in [3.63, 3.8) is 0 Å². The van der Waals surface area contributed by atoms with Crippen molar-refractivity contribution in [2.75, 3.05) is 23.8 Å². The average molecular weight is 363 g/mol. The van der Waals surface area contributed by atoms with E-state index >= 15 is 0 Å². The first-order chi connectivity index (χ1) is 13.1. The summed E-state index contributed by atoms with van der Waals surface area (Å²) in [4.78, 5) is 16.1. The number of amides is 1. The van der Waals surface area contributed by atoms with Crippen LogP contribution in [0.5, 0.6) is 0 Å². The topological polar surface area (TPSA) is 62.7 Å². The number of rotatable bonds is 3. The minimum Gasteiger partial charge on any atom is -0.381 e. The third-order valence-corrected chi connectivity index (χ3v) is 5.45. The van der Waals surface area contributed by atoms with E-state index in [9.17, 15) is 4.79 Å². The molecule has 1 saturated heterocycles. The number of aliphatic imine (C=N–C) groups is 1. The zero-order valence-electron chi connectivity index (χ0n) is 15.6. The Hall–Kier alpha value is -2.66. The summed E-state index contributed by atoms with van der Waals surface area (Å²) in [7, 11) is 0. The Labute approximate surface area is 159 Å². The molecule has 27 heavy (non-hydrogen) atoms. The number of hydrogen-bond donors (Lipinski definition) is 2. The SMILES string of the molecule is CC(=O)Nc1ccc(CN=C2Nc3ccccc3CC23CCOCC3)cc1. The van der Waals surface area contributed by atoms with Crippen LogP contribution in [0, 0.1) is 5.41 Å². The van der Waals surface area contributed by atoms with E-state index in [1.165, 1.54) is 12.5 Å². The maximum Gasteiger partial charge on any atom is 0.221 e. The molecule has 2 heterocycles. The highest BCUT2D eigenvalue weighted by atomic mass is 16.5. The van der Waals surface area contributed by atoms with Crippen LogP contribution in [0.15, 0.2) is 53.5 Å².